The molecule has 0 spiro atoms. The van der Waals surface area contributed by atoms with E-state index in [1.54, 1.807) is 0 Å². The van der Waals surface area contributed by atoms with Gasteiger partial charge < -0.3 is 5.32 Å². The minimum Gasteiger partial charge on any atom is -0.322 e. The van der Waals surface area contributed by atoms with Crippen LogP contribution in [0, 0.1) is 23.3 Å². The fourth-order valence-corrected chi connectivity index (χ4v) is 2.77. The lowest BCUT2D eigenvalue weighted by Gasteiger charge is -2.09. The van der Waals surface area contributed by atoms with Crippen molar-refractivity contribution in [1.82, 2.24) is 0 Å². The average molecular weight is 361 g/mol. The summed E-state index contributed by atoms with van der Waals surface area (Å²) in [6.45, 7) is 1.38. The third-order valence-electron chi connectivity index (χ3n) is 3.16. The molecule has 2 rings (SSSR count). The van der Waals surface area contributed by atoms with Gasteiger partial charge in [0.2, 0.25) is 0 Å². The number of amides is 1. The summed E-state index contributed by atoms with van der Waals surface area (Å²) < 4.78 is 76.4. The first kappa shape index (κ1) is 17.9. The van der Waals surface area contributed by atoms with E-state index < -0.39 is 50.3 Å². The predicted octanol–water partition coefficient (Wildman–Crippen LogP) is 3.29. The van der Waals surface area contributed by atoms with E-state index in [0.29, 0.717) is 12.1 Å². The molecule has 9 heteroatoms. The number of anilines is 1. The van der Waals surface area contributed by atoms with Gasteiger partial charge in [0, 0.05) is 17.8 Å². The van der Waals surface area contributed by atoms with Crippen molar-refractivity contribution in [2.45, 2.75) is 11.8 Å². The van der Waals surface area contributed by atoms with Crippen LogP contribution in [-0.4, -0.2) is 20.1 Å². The van der Waals surface area contributed by atoms with Crippen molar-refractivity contribution in [2.75, 3.05) is 11.1 Å². The zero-order chi connectivity index (χ0) is 18.1. The monoisotopic (exact) mass is 361 g/mol. The van der Waals surface area contributed by atoms with Crippen LogP contribution in [0.3, 0.4) is 0 Å². The summed E-state index contributed by atoms with van der Waals surface area (Å²) in [4.78, 5) is 11.8. The van der Waals surface area contributed by atoms with E-state index in [1.165, 1.54) is 6.92 Å². The van der Waals surface area contributed by atoms with E-state index in [0.717, 1.165) is 18.2 Å². The summed E-state index contributed by atoms with van der Waals surface area (Å²) >= 11 is 0. The number of carbonyl (C=O) groups excluding carboxylic acids is 1. The van der Waals surface area contributed by atoms with Crippen LogP contribution in [0.2, 0.25) is 0 Å². The highest BCUT2D eigenvalue weighted by atomic mass is 32.2. The molecule has 0 saturated carbocycles. The number of sulfone groups is 1. The molecular formula is C15H11F4NO3S. The SMILES string of the molecule is CCS(=O)(=O)c1ccc(F)c(C(=O)Nc2cc(F)c(F)c(F)c2)c1. The Morgan fingerprint density at radius 2 is 1.58 bits per heavy atom. The van der Waals surface area contributed by atoms with Gasteiger partial charge in [-0.3, -0.25) is 4.79 Å². The number of carbonyl (C=O) groups is 1. The molecule has 0 unspecified atom stereocenters. The molecule has 4 nitrogen and oxygen atoms in total. The van der Waals surface area contributed by atoms with Gasteiger partial charge in [0.25, 0.3) is 5.91 Å². The number of nitrogens with one attached hydrogen (secondary N) is 1. The number of benzene rings is 2. The van der Waals surface area contributed by atoms with Crippen LogP contribution in [0.4, 0.5) is 23.2 Å². The highest BCUT2D eigenvalue weighted by Crippen LogP contribution is 2.20. The molecule has 0 aliphatic rings. The Balaban J connectivity index is 2.38. The molecule has 0 aliphatic heterocycles. The summed E-state index contributed by atoms with van der Waals surface area (Å²) in [7, 11) is -3.68. The summed E-state index contributed by atoms with van der Waals surface area (Å²) in [6, 6.07) is 3.65. The molecule has 0 saturated heterocycles. The maximum Gasteiger partial charge on any atom is 0.258 e. The van der Waals surface area contributed by atoms with Gasteiger partial charge in [-0.25, -0.2) is 26.0 Å². The van der Waals surface area contributed by atoms with Crippen LogP contribution < -0.4 is 5.32 Å². The van der Waals surface area contributed by atoms with Crippen molar-refractivity contribution in [1.29, 1.82) is 0 Å². The van der Waals surface area contributed by atoms with Gasteiger partial charge in [0.15, 0.2) is 27.3 Å². The number of rotatable bonds is 4. The Kier molecular flexibility index (Phi) is 4.93. The molecule has 24 heavy (non-hydrogen) atoms. The fourth-order valence-electron chi connectivity index (χ4n) is 1.86. The summed E-state index contributed by atoms with van der Waals surface area (Å²) in [5, 5.41) is 1.98. The molecule has 0 aromatic heterocycles. The van der Waals surface area contributed by atoms with Gasteiger partial charge in [0.1, 0.15) is 5.82 Å². The molecule has 2 aromatic rings. The van der Waals surface area contributed by atoms with Crippen LogP contribution in [-0.2, 0) is 9.84 Å². The molecule has 1 amide bonds. The molecule has 2 aromatic carbocycles. The Bertz CT molecular complexity index is 890. The number of hydrogen-bond acceptors (Lipinski definition) is 3. The standard InChI is InChI=1S/C15H11F4NO3S/c1-2-24(22,23)9-3-4-11(16)10(7-9)15(21)20-8-5-12(17)14(19)13(18)6-8/h3-7H,2H2,1H3,(H,20,21). The second-order valence-corrected chi connectivity index (χ2v) is 7.03. The Labute approximate surface area is 135 Å². The molecule has 0 bridgehead atoms. The summed E-state index contributed by atoms with van der Waals surface area (Å²) in [5.41, 5.74) is -1.07. The summed E-state index contributed by atoms with van der Waals surface area (Å²) in [6.07, 6.45) is 0. The first-order chi connectivity index (χ1) is 11.2. The van der Waals surface area contributed by atoms with Gasteiger partial charge in [-0.15, -0.1) is 0 Å². The van der Waals surface area contributed by atoms with Crippen molar-refractivity contribution < 1.29 is 30.8 Å². The lowest BCUT2D eigenvalue weighted by atomic mass is 10.2. The lowest BCUT2D eigenvalue weighted by Crippen LogP contribution is -2.16. The van der Waals surface area contributed by atoms with E-state index in [-0.39, 0.29) is 10.6 Å². The maximum atomic E-state index is 13.8. The van der Waals surface area contributed by atoms with Gasteiger partial charge >= 0.3 is 0 Å². The maximum absolute atomic E-state index is 13.8. The Morgan fingerprint density at radius 3 is 2.12 bits per heavy atom. The van der Waals surface area contributed by atoms with Crippen molar-refractivity contribution >= 4 is 21.4 Å². The van der Waals surface area contributed by atoms with Crippen molar-refractivity contribution in [3.63, 3.8) is 0 Å². The molecule has 0 fully saturated rings. The van der Waals surface area contributed by atoms with Crippen LogP contribution in [0.15, 0.2) is 35.2 Å². The Morgan fingerprint density at radius 1 is 1.00 bits per heavy atom. The third-order valence-corrected chi connectivity index (χ3v) is 4.90. The normalized spacial score (nSPS) is 11.4. The van der Waals surface area contributed by atoms with Crippen LogP contribution in [0.5, 0.6) is 0 Å². The van der Waals surface area contributed by atoms with Gasteiger partial charge in [-0.05, 0) is 18.2 Å². The largest absolute Gasteiger partial charge is 0.322 e. The number of halogens is 4. The highest BCUT2D eigenvalue weighted by Gasteiger charge is 2.19. The van der Waals surface area contributed by atoms with Crippen LogP contribution >= 0.6 is 0 Å². The fraction of sp³-hybridized carbons (Fsp3) is 0.133. The van der Waals surface area contributed by atoms with Crippen LogP contribution in [0.25, 0.3) is 0 Å². The molecular weight excluding hydrogens is 350 g/mol. The smallest absolute Gasteiger partial charge is 0.258 e. The topological polar surface area (TPSA) is 63.2 Å². The molecule has 1 N–H and O–H groups in total. The van der Waals surface area contributed by atoms with E-state index in [1.807, 2.05) is 5.32 Å². The van der Waals surface area contributed by atoms with E-state index in [2.05, 4.69) is 0 Å². The number of hydrogen-bond donors (Lipinski definition) is 1. The molecule has 0 heterocycles. The minimum absolute atomic E-state index is 0.256. The first-order valence-corrected chi connectivity index (χ1v) is 8.29. The molecule has 0 radical (unpaired) electrons. The summed E-state index contributed by atoms with van der Waals surface area (Å²) in [5.74, 6) is -7.19. The average Bonchev–Trinajstić information content (AvgIpc) is 2.52. The van der Waals surface area contributed by atoms with Crippen molar-refractivity contribution in [3.8, 4) is 0 Å². The zero-order valence-electron chi connectivity index (χ0n) is 12.2. The van der Waals surface area contributed by atoms with Gasteiger partial charge in [-0.2, -0.15) is 0 Å². The van der Waals surface area contributed by atoms with Crippen LogP contribution in [0.1, 0.15) is 17.3 Å². The van der Waals surface area contributed by atoms with Gasteiger partial charge in [0.05, 0.1) is 16.2 Å². The lowest BCUT2D eigenvalue weighted by molar-refractivity contribution is 0.102. The van der Waals surface area contributed by atoms with E-state index in [4.69, 9.17) is 0 Å². The minimum atomic E-state index is -3.68. The molecule has 128 valence electrons. The zero-order valence-corrected chi connectivity index (χ0v) is 13.1. The first-order valence-electron chi connectivity index (χ1n) is 6.64. The highest BCUT2D eigenvalue weighted by molar-refractivity contribution is 7.91. The second-order valence-electron chi connectivity index (χ2n) is 4.75. The second kappa shape index (κ2) is 6.60. The quantitative estimate of drug-likeness (QED) is 0.516. The predicted molar refractivity (Wildman–Crippen MR) is 78.4 cm³/mol. The van der Waals surface area contributed by atoms with E-state index in [9.17, 15) is 30.8 Å². The Hall–Kier alpha value is -2.42. The molecule has 0 aliphatic carbocycles. The van der Waals surface area contributed by atoms with Crippen molar-refractivity contribution in [3.05, 3.63) is 59.2 Å². The third kappa shape index (κ3) is 3.56. The van der Waals surface area contributed by atoms with Gasteiger partial charge in [-0.1, -0.05) is 6.92 Å². The molecule has 0 atom stereocenters. The van der Waals surface area contributed by atoms with E-state index >= 15 is 0 Å². The van der Waals surface area contributed by atoms with Crippen molar-refractivity contribution in [2.24, 2.45) is 0 Å².